The van der Waals surface area contributed by atoms with Crippen LogP contribution in [-0.4, -0.2) is 26.4 Å². The molecule has 11 heavy (non-hydrogen) atoms. The monoisotopic (exact) mass is 154 g/mol. The summed E-state index contributed by atoms with van der Waals surface area (Å²) >= 11 is 0. The smallest absolute Gasteiger partial charge is 0.105 e. The third-order valence-electron chi connectivity index (χ3n) is 2.84. The van der Waals surface area contributed by atoms with E-state index in [4.69, 9.17) is 9.47 Å². The minimum atomic E-state index is 0.249. The molecule has 0 radical (unpaired) electrons. The largest absolute Gasteiger partial charge is 0.378 e. The zero-order chi connectivity index (χ0) is 7.84. The van der Waals surface area contributed by atoms with Crippen molar-refractivity contribution in [2.75, 3.05) is 14.2 Å². The summed E-state index contributed by atoms with van der Waals surface area (Å²) in [6, 6.07) is 0. The Hall–Kier alpha value is -0.340. The molecular formula is C9H14O2. The normalized spacial score (nSPS) is 41.3. The third-order valence-corrected chi connectivity index (χ3v) is 2.84. The first-order valence-electron chi connectivity index (χ1n) is 4.11. The molecule has 0 aromatic heterocycles. The standard InChI is InChI=1S/C9H14O2/c1-10-8-6-3-4-7(5-6)9(8)11-2/h3,7-9H,4-5H2,1-2H3. The van der Waals surface area contributed by atoms with Gasteiger partial charge in [0.25, 0.3) is 0 Å². The van der Waals surface area contributed by atoms with E-state index in [1.807, 2.05) is 0 Å². The van der Waals surface area contributed by atoms with E-state index in [9.17, 15) is 0 Å². The fourth-order valence-corrected chi connectivity index (χ4v) is 2.31. The Morgan fingerprint density at radius 1 is 1.36 bits per heavy atom. The van der Waals surface area contributed by atoms with E-state index in [0.29, 0.717) is 12.0 Å². The lowest BCUT2D eigenvalue weighted by atomic mass is 10.0. The topological polar surface area (TPSA) is 18.5 Å². The Bertz CT molecular complexity index is 186. The molecular weight excluding hydrogens is 140 g/mol. The predicted molar refractivity (Wildman–Crippen MR) is 42.4 cm³/mol. The zero-order valence-corrected chi connectivity index (χ0v) is 7.04. The summed E-state index contributed by atoms with van der Waals surface area (Å²) < 4.78 is 10.7. The molecule has 2 bridgehead atoms. The highest BCUT2D eigenvalue weighted by Gasteiger charge is 2.42. The number of hydrogen-bond acceptors (Lipinski definition) is 2. The van der Waals surface area contributed by atoms with Crippen molar-refractivity contribution in [3.63, 3.8) is 0 Å². The van der Waals surface area contributed by atoms with Crippen molar-refractivity contribution >= 4 is 0 Å². The van der Waals surface area contributed by atoms with Crippen LogP contribution in [0.3, 0.4) is 0 Å². The minimum Gasteiger partial charge on any atom is -0.378 e. The van der Waals surface area contributed by atoms with Crippen molar-refractivity contribution in [2.24, 2.45) is 5.92 Å². The molecule has 3 unspecified atom stereocenters. The fraction of sp³-hybridized carbons (Fsp3) is 0.778. The summed E-state index contributed by atoms with van der Waals surface area (Å²) in [6.45, 7) is 0. The van der Waals surface area contributed by atoms with E-state index in [0.717, 1.165) is 0 Å². The Kier molecular flexibility index (Phi) is 1.74. The van der Waals surface area contributed by atoms with Gasteiger partial charge in [0, 0.05) is 14.2 Å². The average Bonchev–Trinajstić information content (AvgIpc) is 2.60. The van der Waals surface area contributed by atoms with Crippen LogP contribution in [0.1, 0.15) is 12.8 Å². The summed E-state index contributed by atoms with van der Waals surface area (Å²) in [6.07, 6.45) is 5.25. The first-order chi connectivity index (χ1) is 5.36. The number of rotatable bonds is 2. The van der Waals surface area contributed by atoms with Gasteiger partial charge in [-0.2, -0.15) is 0 Å². The van der Waals surface area contributed by atoms with Crippen LogP contribution >= 0.6 is 0 Å². The van der Waals surface area contributed by atoms with E-state index >= 15 is 0 Å². The Balaban J connectivity index is 2.17. The maximum absolute atomic E-state index is 5.38. The van der Waals surface area contributed by atoms with Gasteiger partial charge in [-0.05, 0) is 24.3 Å². The van der Waals surface area contributed by atoms with Gasteiger partial charge in [-0.25, -0.2) is 0 Å². The molecule has 0 aromatic rings. The molecule has 1 saturated carbocycles. The Morgan fingerprint density at radius 3 is 2.73 bits per heavy atom. The lowest BCUT2D eigenvalue weighted by Gasteiger charge is -2.24. The highest BCUT2D eigenvalue weighted by atomic mass is 16.5. The highest BCUT2D eigenvalue weighted by molar-refractivity contribution is 5.25. The van der Waals surface area contributed by atoms with Gasteiger partial charge < -0.3 is 9.47 Å². The molecule has 0 aromatic carbocycles. The number of methoxy groups -OCH3 is 2. The predicted octanol–water partition coefficient (Wildman–Crippen LogP) is 1.37. The van der Waals surface area contributed by atoms with Gasteiger partial charge in [-0.3, -0.25) is 0 Å². The maximum atomic E-state index is 5.38. The van der Waals surface area contributed by atoms with E-state index in [2.05, 4.69) is 6.08 Å². The van der Waals surface area contributed by atoms with E-state index in [1.54, 1.807) is 14.2 Å². The summed E-state index contributed by atoms with van der Waals surface area (Å²) in [5.74, 6) is 0.694. The summed E-state index contributed by atoms with van der Waals surface area (Å²) in [5.41, 5.74) is 1.45. The first-order valence-corrected chi connectivity index (χ1v) is 4.11. The van der Waals surface area contributed by atoms with Crippen molar-refractivity contribution in [3.8, 4) is 0 Å². The van der Waals surface area contributed by atoms with Gasteiger partial charge >= 0.3 is 0 Å². The van der Waals surface area contributed by atoms with Gasteiger partial charge in [0.2, 0.25) is 0 Å². The van der Waals surface area contributed by atoms with Crippen LogP contribution in [0.4, 0.5) is 0 Å². The second-order valence-electron chi connectivity index (χ2n) is 3.34. The van der Waals surface area contributed by atoms with Crippen LogP contribution in [0.15, 0.2) is 11.6 Å². The second-order valence-corrected chi connectivity index (χ2v) is 3.34. The second kappa shape index (κ2) is 2.61. The molecule has 1 fully saturated rings. The molecule has 3 atom stereocenters. The molecule has 62 valence electrons. The molecule has 0 saturated heterocycles. The van der Waals surface area contributed by atoms with Crippen molar-refractivity contribution < 1.29 is 9.47 Å². The van der Waals surface area contributed by atoms with Gasteiger partial charge in [-0.1, -0.05) is 6.08 Å². The van der Waals surface area contributed by atoms with Crippen molar-refractivity contribution in [3.05, 3.63) is 11.6 Å². The molecule has 2 nitrogen and oxygen atoms in total. The van der Waals surface area contributed by atoms with Crippen molar-refractivity contribution in [2.45, 2.75) is 25.0 Å². The van der Waals surface area contributed by atoms with Crippen LogP contribution in [0, 0.1) is 5.92 Å². The quantitative estimate of drug-likeness (QED) is 0.559. The van der Waals surface area contributed by atoms with Gasteiger partial charge in [0.15, 0.2) is 0 Å². The molecule has 2 aliphatic carbocycles. The summed E-state index contributed by atoms with van der Waals surface area (Å²) in [4.78, 5) is 0. The van der Waals surface area contributed by atoms with Crippen LogP contribution in [0.25, 0.3) is 0 Å². The van der Waals surface area contributed by atoms with Crippen molar-refractivity contribution in [1.82, 2.24) is 0 Å². The van der Waals surface area contributed by atoms with Gasteiger partial charge in [0.05, 0.1) is 6.10 Å². The molecule has 0 N–H and O–H groups in total. The molecule has 0 heterocycles. The van der Waals surface area contributed by atoms with E-state index < -0.39 is 0 Å². The number of fused-ring (bicyclic) bond motifs is 2. The summed E-state index contributed by atoms with van der Waals surface area (Å²) in [5, 5.41) is 0. The van der Waals surface area contributed by atoms with Crippen LogP contribution in [0.5, 0.6) is 0 Å². The number of ether oxygens (including phenoxy) is 2. The molecule has 2 aliphatic rings. The molecule has 2 rings (SSSR count). The first kappa shape index (κ1) is 7.32. The fourth-order valence-electron chi connectivity index (χ4n) is 2.31. The van der Waals surface area contributed by atoms with Crippen LogP contribution in [0.2, 0.25) is 0 Å². The average molecular weight is 154 g/mol. The van der Waals surface area contributed by atoms with Gasteiger partial charge in [0.1, 0.15) is 6.10 Å². The highest BCUT2D eigenvalue weighted by Crippen LogP contribution is 2.42. The maximum Gasteiger partial charge on any atom is 0.105 e. The van der Waals surface area contributed by atoms with Crippen LogP contribution < -0.4 is 0 Å². The molecule has 0 aliphatic heterocycles. The third kappa shape index (κ3) is 0.932. The minimum absolute atomic E-state index is 0.249. The number of hydrogen-bond donors (Lipinski definition) is 0. The number of allylic oxidation sites excluding steroid dienone is 1. The lowest BCUT2D eigenvalue weighted by Crippen LogP contribution is -2.31. The van der Waals surface area contributed by atoms with Gasteiger partial charge in [-0.15, -0.1) is 0 Å². The molecule has 0 amide bonds. The molecule has 2 heteroatoms. The lowest BCUT2D eigenvalue weighted by molar-refractivity contribution is -0.0271. The Labute approximate surface area is 67.2 Å². The van der Waals surface area contributed by atoms with E-state index in [-0.39, 0.29) is 6.10 Å². The SMILES string of the molecule is COC1C2=CCC(C2)C1OC. The summed E-state index contributed by atoms with van der Waals surface area (Å²) in [7, 11) is 3.54. The van der Waals surface area contributed by atoms with Crippen molar-refractivity contribution in [1.29, 1.82) is 0 Å². The van der Waals surface area contributed by atoms with E-state index in [1.165, 1.54) is 18.4 Å². The van der Waals surface area contributed by atoms with Crippen LogP contribution in [-0.2, 0) is 9.47 Å². The zero-order valence-electron chi connectivity index (χ0n) is 7.04. The Morgan fingerprint density at radius 2 is 2.18 bits per heavy atom. The molecule has 0 spiro atoms.